The molecule has 0 atom stereocenters. The standard InChI is InChI=1S/C13H14ClNO/c1-13(2,3)12-10(16)7-8-5-4-6-9(14)11(8)15-12/h4-7,16H,1-3H3. The zero-order chi connectivity index (χ0) is 11.9. The van der Waals surface area contributed by atoms with Crippen molar-refractivity contribution < 1.29 is 5.11 Å². The molecule has 2 rings (SSSR count). The highest BCUT2D eigenvalue weighted by Crippen LogP contribution is 2.33. The van der Waals surface area contributed by atoms with Gasteiger partial charge in [0.25, 0.3) is 0 Å². The third-order valence-electron chi connectivity index (χ3n) is 2.49. The van der Waals surface area contributed by atoms with Crippen molar-refractivity contribution >= 4 is 22.5 Å². The summed E-state index contributed by atoms with van der Waals surface area (Å²) in [6, 6.07) is 7.26. The largest absolute Gasteiger partial charge is 0.506 e. The number of hydrogen-bond acceptors (Lipinski definition) is 2. The van der Waals surface area contributed by atoms with Crippen LogP contribution in [0.5, 0.6) is 5.75 Å². The lowest BCUT2D eigenvalue weighted by molar-refractivity contribution is 0.440. The van der Waals surface area contributed by atoms with E-state index >= 15 is 0 Å². The van der Waals surface area contributed by atoms with Gasteiger partial charge in [-0.1, -0.05) is 44.5 Å². The molecule has 0 bridgehead atoms. The highest BCUT2D eigenvalue weighted by atomic mass is 35.5. The van der Waals surface area contributed by atoms with Crippen LogP contribution in [0.1, 0.15) is 26.5 Å². The summed E-state index contributed by atoms with van der Waals surface area (Å²) in [6.45, 7) is 6.03. The molecule has 0 aliphatic rings. The summed E-state index contributed by atoms with van der Waals surface area (Å²) < 4.78 is 0. The average molecular weight is 236 g/mol. The first-order valence-electron chi connectivity index (χ1n) is 5.18. The predicted octanol–water partition coefficient (Wildman–Crippen LogP) is 3.89. The molecule has 2 aromatic rings. The van der Waals surface area contributed by atoms with Crippen molar-refractivity contribution in [2.75, 3.05) is 0 Å². The van der Waals surface area contributed by atoms with E-state index in [-0.39, 0.29) is 11.2 Å². The first-order valence-corrected chi connectivity index (χ1v) is 5.56. The summed E-state index contributed by atoms with van der Waals surface area (Å²) in [7, 11) is 0. The summed E-state index contributed by atoms with van der Waals surface area (Å²) in [5.41, 5.74) is 1.22. The van der Waals surface area contributed by atoms with Crippen molar-refractivity contribution in [1.82, 2.24) is 4.98 Å². The Bertz CT molecular complexity index is 543. The minimum atomic E-state index is -0.197. The Labute approximate surface area is 99.9 Å². The van der Waals surface area contributed by atoms with Gasteiger partial charge < -0.3 is 5.11 Å². The van der Waals surface area contributed by atoms with Gasteiger partial charge in [-0.25, -0.2) is 4.98 Å². The number of aromatic hydroxyl groups is 1. The summed E-state index contributed by atoms with van der Waals surface area (Å²) in [6.07, 6.45) is 0. The first-order chi connectivity index (χ1) is 7.39. The maximum absolute atomic E-state index is 9.93. The fourth-order valence-electron chi connectivity index (χ4n) is 1.70. The fourth-order valence-corrected chi connectivity index (χ4v) is 1.93. The lowest BCUT2D eigenvalue weighted by Gasteiger charge is -2.19. The van der Waals surface area contributed by atoms with Crippen molar-refractivity contribution in [1.29, 1.82) is 0 Å². The van der Waals surface area contributed by atoms with Crippen LogP contribution in [0.3, 0.4) is 0 Å². The number of pyridine rings is 1. The quantitative estimate of drug-likeness (QED) is 0.752. The Morgan fingerprint density at radius 3 is 2.56 bits per heavy atom. The fraction of sp³-hybridized carbons (Fsp3) is 0.308. The molecule has 0 unspecified atom stereocenters. The minimum Gasteiger partial charge on any atom is -0.506 e. The number of halogens is 1. The van der Waals surface area contributed by atoms with Crippen molar-refractivity contribution in [2.24, 2.45) is 0 Å². The molecule has 0 fully saturated rings. The summed E-state index contributed by atoms with van der Waals surface area (Å²) in [4.78, 5) is 4.46. The Balaban J connectivity index is 2.80. The average Bonchev–Trinajstić information content (AvgIpc) is 2.15. The smallest absolute Gasteiger partial charge is 0.138 e. The Morgan fingerprint density at radius 1 is 1.25 bits per heavy atom. The molecule has 0 aliphatic carbocycles. The van der Waals surface area contributed by atoms with E-state index < -0.39 is 0 Å². The van der Waals surface area contributed by atoms with Crippen LogP contribution in [0.2, 0.25) is 5.02 Å². The van der Waals surface area contributed by atoms with Gasteiger partial charge in [0.15, 0.2) is 0 Å². The molecule has 1 heterocycles. The van der Waals surface area contributed by atoms with Gasteiger partial charge in [-0.05, 0) is 12.1 Å². The van der Waals surface area contributed by atoms with Crippen LogP contribution in [0.25, 0.3) is 10.9 Å². The van der Waals surface area contributed by atoms with Gasteiger partial charge in [0.2, 0.25) is 0 Å². The molecule has 2 nitrogen and oxygen atoms in total. The molecule has 0 spiro atoms. The topological polar surface area (TPSA) is 33.1 Å². The lowest BCUT2D eigenvalue weighted by Crippen LogP contribution is -2.13. The maximum Gasteiger partial charge on any atom is 0.138 e. The monoisotopic (exact) mass is 235 g/mol. The second kappa shape index (κ2) is 3.63. The maximum atomic E-state index is 9.93. The third kappa shape index (κ3) is 1.85. The molecule has 16 heavy (non-hydrogen) atoms. The number of nitrogens with zero attached hydrogens (tertiary/aromatic N) is 1. The Hall–Kier alpha value is -1.28. The number of benzene rings is 1. The van der Waals surface area contributed by atoms with Crippen molar-refractivity contribution in [3.05, 3.63) is 35.0 Å². The van der Waals surface area contributed by atoms with Crippen LogP contribution in [0.4, 0.5) is 0 Å². The predicted molar refractivity (Wildman–Crippen MR) is 67.1 cm³/mol. The molecule has 1 aromatic heterocycles. The van der Waals surface area contributed by atoms with E-state index in [4.69, 9.17) is 11.6 Å². The summed E-state index contributed by atoms with van der Waals surface area (Å²) in [5.74, 6) is 0.224. The lowest BCUT2D eigenvalue weighted by atomic mass is 9.90. The number of para-hydroxylation sites is 1. The molecule has 3 heteroatoms. The van der Waals surface area contributed by atoms with Crippen LogP contribution >= 0.6 is 11.6 Å². The molecule has 1 aromatic carbocycles. The van der Waals surface area contributed by atoms with E-state index in [2.05, 4.69) is 4.98 Å². The minimum absolute atomic E-state index is 0.197. The second-order valence-electron chi connectivity index (χ2n) is 4.92. The van der Waals surface area contributed by atoms with E-state index in [1.165, 1.54) is 0 Å². The molecule has 0 saturated heterocycles. The van der Waals surface area contributed by atoms with Crippen LogP contribution in [0, 0.1) is 0 Å². The molecule has 0 radical (unpaired) electrons. The van der Waals surface area contributed by atoms with Crippen LogP contribution in [0.15, 0.2) is 24.3 Å². The van der Waals surface area contributed by atoms with Crippen LogP contribution in [-0.4, -0.2) is 10.1 Å². The van der Waals surface area contributed by atoms with Gasteiger partial charge >= 0.3 is 0 Å². The number of aromatic nitrogens is 1. The van der Waals surface area contributed by atoms with Crippen molar-refractivity contribution in [3.63, 3.8) is 0 Å². The normalized spacial score (nSPS) is 12.0. The highest BCUT2D eigenvalue weighted by molar-refractivity contribution is 6.35. The second-order valence-corrected chi connectivity index (χ2v) is 5.32. The molecular formula is C13H14ClNO. The molecule has 0 amide bonds. The van der Waals surface area contributed by atoms with Gasteiger partial charge in [-0.3, -0.25) is 0 Å². The third-order valence-corrected chi connectivity index (χ3v) is 2.79. The van der Waals surface area contributed by atoms with Crippen molar-refractivity contribution in [3.8, 4) is 5.75 Å². The van der Waals surface area contributed by atoms with E-state index in [1.807, 2.05) is 32.9 Å². The van der Waals surface area contributed by atoms with E-state index in [0.29, 0.717) is 10.7 Å². The Morgan fingerprint density at radius 2 is 1.94 bits per heavy atom. The highest BCUT2D eigenvalue weighted by Gasteiger charge is 2.20. The first kappa shape index (κ1) is 11.2. The molecule has 0 saturated carbocycles. The van der Waals surface area contributed by atoms with Gasteiger partial charge in [-0.15, -0.1) is 0 Å². The van der Waals surface area contributed by atoms with Crippen LogP contribution in [-0.2, 0) is 5.41 Å². The zero-order valence-electron chi connectivity index (χ0n) is 9.58. The Kier molecular flexibility index (Phi) is 2.55. The van der Waals surface area contributed by atoms with Gasteiger partial charge in [-0.2, -0.15) is 0 Å². The van der Waals surface area contributed by atoms with E-state index in [1.54, 1.807) is 12.1 Å². The SMILES string of the molecule is CC(C)(C)c1nc2c(Cl)cccc2cc1O. The molecular weight excluding hydrogens is 222 g/mol. The van der Waals surface area contributed by atoms with Gasteiger partial charge in [0.05, 0.1) is 16.2 Å². The number of fused-ring (bicyclic) bond motifs is 1. The van der Waals surface area contributed by atoms with Crippen molar-refractivity contribution in [2.45, 2.75) is 26.2 Å². The van der Waals surface area contributed by atoms with E-state index in [9.17, 15) is 5.11 Å². The number of hydrogen-bond donors (Lipinski definition) is 1. The van der Waals surface area contributed by atoms with Crippen LogP contribution < -0.4 is 0 Å². The molecule has 0 aliphatic heterocycles. The zero-order valence-corrected chi connectivity index (χ0v) is 10.3. The van der Waals surface area contributed by atoms with E-state index in [0.717, 1.165) is 10.9 Å². The summed E-state index contributed by atoms with van der Waals surface area (Å²) in [5, 5.41) is 11.4. The van der Waals surface area contributed by atoms with Gasteiger partial charge in [0, 0.05) is 10.8 Å². The summed E-state index contributed by atoms with van der Waals surface area (Å²) >= 11 is 6.09. The number of rotatable bonds is 0. The molecule has 1 N–H and O–H groups in total. The molecule has 84 valence electrons. The van der Waals surface area contributed by atoms with Gasteiger partial charge in [0.1, 0.15) is 5.75 Å².